The maximum Gasteiger partial charge on any atom is 0.271 e. The van der Waals surface area contributed by atoms with Crippen molar-refractivity contribution in [1.82, 2.24) is 15.1 Å². The molecule has 162 valence electrons. The van der Waals surface area contributed by atoms with Gasteiger partial charge < -0.3 is 14.8 Å². The standard InChI is InChI=1S/C24H26FN3O3/c1-2-31-19-9-7-18(8-10-19)24(12-15-30-16-13-24)17-26-23(29)21-11-14-28(27-21)22-6-4-3-5-20(22)25/h3-11,14H,2,12-13,15-17H2,1H3,(H,26,29). The van der Waals surface area contributed by atoms with Gasteiger partial charge in [0, 0.05) is 31.4 Å². The summed E-state index contributed by atoms with van der Waals surface area (Å²) in [4.78, 5) is 12.8. The number of nitrogens with one attached hydrogen (secondary N) is 1. The number of carbonyl (C=O) groups excluding carboxylic acids is 1. The van der Waals surface area contributed by atoms with Gasteiger partial charge in [-0.1, -0.05) is 24.3 Å². The molecule has 2 heterocycles. The van der Waals surface area contributed by atoms with E-state index in [0.717, 1.165) is 24.2 Å². The van der Waals surface area contributed by atoms with E-state index in [1.165, 1.54) is 10.7 Å². The van der Waals surface area contributed by atoms with Crippen molar-refractivity contribution in [3.63, 3.8) is 0 Å². The molecule has 0 aliphatic carbocycles. The molecule has 1 N–H and O–H groups in total. The average molecular weight is 423 g/mol. The topological polar surface area (TPSA) is 65.4 Å². The summed E-state index contributed by atoms with van der Waals surface area (Å²) < 4.78 is 26.5. The number of benzene rings is 2. The summed E-state index contributed by atoms with van der Waals surface area (Å²) in [6.07, 6.45) is 3.21. The molecular formula is C24H26FN3O3. The molecule has 31 heavy (non-hydrogen) atoms. The minimum absolute atomic E-state index is 0.216. The zero-order valence-electron chi connectivity index (χ0n) is 17.5. The van der Waals surface area contributed by atoms with Gasteiger partial charge >= 0.3 is 0 Å². The van der Waals surface area contributed by atoms with E-state index in [4.69, 9.17) is 9.47 Å². The summed E-state index contributed by atoms with van der Waals surface area (Å²) in [5.74, 6) is 0.150. The highest BCUT2D eigenvalue weighted by Gasteiger charge is 2.35. The number of aromatic nitrogens is 2. The highest BCUT2D eigenvalue weighted by Crippen LogP contribution is 2.35. The Kier molecular flexibility index (Phi) is 6.32. The molecule has 1 aliphatic rings. The molecule has 0 saturated carbocycles. The molecule has 7 heteroatoms. The Hall–Kier alpha value is -3.19. The van der Waals surface area contributed by atoms with Gasteiger partial charge in [-0.15, -0.1) is 0 Å². The molecule has 0 bridgehead atoms. The predicted molar refractivity (Wildman–Crippen MR) is 115 cm³/mol. The fourth-order valence-corrected chi connectivity index (χ4v) is 3.96. The van der Waals surface area contributed by atoms with E-state index in [-0.39, 0.29) is 17.0 Å². The summed E-state index contributed by atoms with van der Waals surface area (Å²) >= 11 is 0. The van der Waals surface area contributed by atoms with Crippen molar-refractivity contribution >= 4 is 5.91 Å². The fraction of sp³-hybridized carbons (Fsp3) is 0.333. The van der Waals surface area contributed by atoms with Gasteiger partial charge in [0.05, 0.1) is 6.61 Å². The maximum absolute atomic E-state index is 14.0. The summed E-state index contributed by atoms with van der Waals surface area (Å²) in [6.45, 7) is 4.33. The maximum atomic E-state index is 14.0. The Bertz CT molecular complexity index is 1030. The first-order valence-corrected chi connectivity index (χ1v) is 10.5. The molecular weight excluding hydrogens is 397 g/mol. The number of amides is 1. The zero-order chi connectivity index (χ0) is 21.7. The second-order valence-electron chi connectivity index (χ2n) is 7.63. The van der Waals surface area contributed by atoms with Crippen molar-refractivity contribution in [2.45, 2.75) is 25.2 Å². The highest BCUT2D eigenvalue weighted by atomic mass is 19.1. The van der Waals surface area contributed by atoms with Crippen LogP contribution in [0.15, 0.2) is 60.8 Å². The number of rotatable bonds is 7. The molecule has 1 aliphatic heterocycles. The number of halogens is 1. The van der Waals surface area contributed by atoms with Crippen LogP contribution in [0.25, 0.3) is 5.69 Å². The Morgan fingerprint density at radius 1 is 1.16 bits per heavy atom. The van der Waals surface area contributed by atoms with E-state index in [1.807, 2.05) is 19.1 Å². The minimum atomic E-state index is -0.394. The molecule has 1 saturated heterocycles. The third-order valence-electron chi connectivity index (χ3n) is 5.74. The van der Waals surface area contributed by atoms with Crippen LogP contribution >= 0.6 is 0 Å². The van der Waals surface area contributed by atoms with Crippen molar-refractivity contribution in [3.8, 4) is 11.4 Å². The lowest BCUT2D eigenvalue weighted by atomic mass is 9.74. The van der Waals surface area contributed by atoms with Gasteiger partial charge in [0.25, 0.3) is 5.91 Å². The van der Waals surface area contributed by atoms with Crippen molar-refractivity contribution in [1.29, 1.82) is 0 Å². The third kappa shape index (κ3) is 4.61. The molecule has 1 fully saturated rings. The van der Waals surface area contributed by atoms with Crippen molar-refractivity contribution < 1.29 is 18.7 Å². The van der Waals surface area contributed by atoms with Crippen molar-refractivity contribution in [2.75, 3.05) is 26.4 Å². The van der Waals surface area contributed by atoms with Crippen LogP contribution in [0.4, 0.5) is 4.39 Å². The Morgan fingerprint density at radius 3 is 2.61 bits per heavy atom. The summed E-state index contributed by atoms with van der Waals surface area (Å²) in [6, 6.07) is 16.0. The van der Waals surface area contributed by atoms with E-state index in [2.05, 4.69) is 22.5 Å². The largest absolute Gasteiger partial charge is 0.494 e. The first-order valence-electron chi connectivity index (χ1n) is 10.5. The van der Waals surface area contributed by atoms with Crippen LogP contribution in [-0.2, 0) is 10.2 Å². The van der Waals surface area contributed by atoms with Gasteiger partial charge in [-0.25, -0.2) is 9.07 Å². The van der Waals surface area contributed by atoms with Crippen LogP contribution < -0.4 is 10.1 Å². The summed E-state index contributed by atoms with van der Waals surface area (Å²) in [5, 5.41) is 7.29. The Labute approximate surface area is 181 Å². The van der Waals surface area contributed by atoms with Crippen LogP contribution in [0.2, 0.25) is 0 Å². The SMILES string of the molecule is CCOc1ccc(C2(CNC(=O)c3ccn(-c4ccccc4F)n3)CCOCC2)cc1. The molecule has 1 amide bonds. The number of hydrogen-bond acceptors (Lipinski definition) is 4. The van der Waals surface area contributed by atoms with Gasteiger partial charge in [-0.2, -0.15) is 5.10 Å². The van der Waals surface area contributed by atoms with Crippen LogP contribution in [-0.4, -0.2) is 42.1 Å². The second-order valence-corrected chi connectivity index (χ2v) is 7.63. The molecule has 3 aromatic rings. The molecule has 0 unspecified atom stereocenters. The number of hydrogen-bond donors (Lipinski definition) is 1. The molecule has 2 aromatic carbocycles. The number of para-hydroxylation sites is 1. The number of nitrogens with zero attached hydrogens (tertiary/aromatic N) is 2. The van der Waals surface area contributed by atoms with Crippen LogP contribution in [0.5, 0.6) is 5.75 Å². The van der Waals surface area contributed by atoms with E-state index < -0.39 is 5.82 Å². The van der Waals surface area contributed by atoms with Crippen molar-refractivity contribution in [3.05, 3.63) is 77.9 Å². The Balaban J connectivity index is 1.49. The quantitative estimate of drug-likeness (QED) is 0.626. The molecule has 0 radical (unpaired) electrons. The summed E-state index contributed by atoms with van der Waals surface area (Å²) in [7, 11) is 0. The van der Waals surface area contributed by atoms with E-state index in [0.29, 0.717) is 32.1 Å². The predicted octanol–water partition coefficient (Wildman–Crippen LogP) is 3.89. The first-order chi connectivity index (χ1) is 15.1. The lowest BCUT2D eigenvalue weighted by molar-refractivity contribution is 0.0486. The van der Waals surface area contributed by atoms with Crippen LogP contribution in [0, 0.1) is 5.82 Å². The van der Waals surface area contributed by atoms with Crippen molar-refractivity contribution in [2.24, 2.45) is 0 Å². The molecule has 6 nitrogen and oxygen atoms in total. The third-order valence-corrected chi connectivity index (χ3v) is 5.74. The van der Waals surface area contributed by atoms with E-state index in [9.17, 15) is 9.18 Å². The molecule has 0 spiro atoms. The normalized spacial score (nSPS) is 15.4. The minimum Gasteiger partial charge on any atom is -0.494 e. The zero-order valence-corrected chi connectivity index (χ0v) is 17.5. The summed E-state index contributed by atoms with van der Waals surface area (Å²) in [5.41, 5.74) is 1.48. The van der Waals surface area contributed by atoms with Gasteiger partial charge in [0.2, 0.25) is 0 Å². The van der Waals surface area contributed by atoms with Gasteiger partial charge in [-0.05, 0) is 55.7 Å². The lowest BCUT2D eigenvalue weighted by Gasteiger charge is -2.38. The van der Waals surface area contributed by atoms with Gasteiger partial charge in [-0.3, -0.25) is 4.79 Å². The number of ether oxygens (including phenoxy) is 2. The van der Waals surface area contributed by atoms with Gasteiger partial charge in [0.15, 0.2) is 5.69 Å². The first kappa shape index (κ1) is 21.1. The molecule has 1 aromatic heterocycles. The van der Waals surface area contributed by atoms with Gasteiger partial charge in [0.1, 0.15) is 17.3 Å². The van der Waals surface area contributed by atoms with E-state index >= 15 is 0 Å². The second kappa shape index (κ2) is 9.31. The fourth-order valence-electron chi connectivity index (χ4n) is 3.96. The van der Waals surface area contributed by atoms with Crippen LogP contribution in [0.3, 0.4) is 0 Å². The average Bonchev–Trinajstić information content (AvgIpc) is 3.29. The molecule has 4 rings (SSSR count). The van der Waals surface area contributed by atoms with Crippen LogP contribution in [0.1, 0.15) is 35.8 Å². The van der Waals surface area contributed by atoms with E-state index in [1.54, 1.807) is 30.5 Å². The Morgan fingerprint density at radius 2 is 1.90 bits per heavy atom. The molecule has 0 atom stereocenters. The number of carbonyl (C=O) groups is 1. The highest BCUT2D eigenvalue weighted by molar-refractivity contribution is 5.92. The monoisotopic (exact) mass is 423 g/mol. The smallest absolute Gasteiger partial charge is 0.271 e. The lowest BCUT2D eigenvalue weighted by Crippen LogP contribution is -2.44.